The van der Waals surface area contributed by atoms with Crippen LogP contribution in [-0.2, 0) is 4.79 Å². The maximum absolute atomic E-state index is 11.3. The molecule has 1 aromatic heterocycles. The van der Waals surface area contributed by atoms with E-state index in [9.17, 15) is 20.0 Å². The predicted octanol–water partition coefficient (Wildman–Crippen LogP) is 3.29. The van der Waals surface area contributed by atoms with Gasteiger partial charge in [0.2, 0.25) is 0 Å². The third-order valence-electron chi connectivity index (χ3n) is 2.73. The average Bonchev–Trinajstić information content (AvgIpc) is 2.97. The summed E-state index contributed by atoms with van der Waals surface area (Å²) in [6, 6.07) is 7.73. The monoisotopic (exact) mass is 305 g/mol. The molecule has 1 heterocycles. The Kier molecular flexibility index (Phi) is 4.34. The third-order valence-corrected chi connectivity index (χ3v) is 3.63. The van der Waals surface area contributed by atoms with Gasteiger partial charge in [0.25, 0.3) is 0 Å². The fraction of sp³-hybridized carbons (Fsp3) is 0.0714. The number of ether oxygens (including phenoxy) is 1. The number of nitro groups is 1. The molecule has 21 heavy (non-hydrogen) atoms. The molecule has 0 aliphatic carbocycles. The maximum Gasteiger partial charge on any atom is 0.337 e. The summed E-state index contributed by atoms with van der Waals surface area (Å²) in [6.07, 6.45) is 1.40. The molecule has 1 aromatic carbocycles. The van der Waals surface area contributed by atoms with E-state index in [4.69, 9.17) is 4.74 Å². The van der Waals surface area contributed by atoms with Crippen molar-refractivity contribution in [3.05, 3.63) is 56.3 Å². The topological polar surface area (TPSA) is 89.7 Å². The number of rotatable bonds is 5. The first kappa shape index (κ1) is 14.7. The van der Waals surface area contributed by atoms with Crippen molar-refractivity contribution in [2.75, 3.05) is 7.11 Å². The average molecular weight is 305 g/mol. The van der Waals surface area contributed by atoms with Crippen molar-refractivity contribution in [1.82, 2.24) is 0 Å². The van der Waals surface area contributed by atoms with Crippen LogP contribution >= 0.6 is 11.3 Å². The van der Waals surface area contributed by atoms with Crippen LogP contribution < -0.4 is 4.74 Å². The zero-order valence-corrected chi connectivity index (χ0v) is 11.8. The Labute approximate surface area is 124 Å². The van der Waals surface area contributed by atoms with Crippen LogP contribution in [0.2, 0.25) is 0 Å². The van der Waals surface area contributed by atoms with Gasteiger partial charge in [0.1, 0.15) is 0 Å². The first-order chi connectivity index (χ1) is 10.0. The lowest BCUT2D eigenvalue weighted by molar-refractivity contribution is -0.385. The molecule has 0 radical (unpaired) electrons. The van der Waals surface area contributed by atoms with E-state index in [1.54, 1.807) is 23.6 Å². The summed E-state index contributed by atoms with van der Waals surface area (Å²) >= 11 is 1.29. The van der Waals surface area contributed by atoms with Gasteiger partial charge in [0.15, 0.2) is 5.75 Å². The van der Waals surface area contributed by atoms with Crippen molar-refractivity contribution >= 4 is 34.6 Å². The Morgan fingerprint density at radius 2 is 2.19 bits per heavy atom. The highest BCUT2D eigenvalue weighted by atomic mass is 32.1. The van der Waals surface area contributed by atoms with Crippen LogP contribution in [0.25, 0.3) is 11.6 Å². The SMILES string of the molecule is COc1ccc(/C=C(\C(=O)O)c2cccs2)cc1[N+](=O)[O-]. The van der Waals surface area contributed by atoms with E-state index in [-0.39, 0.29) is 17.0 Å². The standard InChI is InChI=1S/C14H11NO5S/c1-20-12-5-4-9(8-11(12)15(18)19)7-10(14(16)17)13-3-2-6-21-13/h2-8H,1H3,(H,16,17)/b10-7-. The smallest absolute Gasteiger partial charge is 0.337 e. The molecular weight excluding hydrogens is 294 g/mol. The number of nitro benzene ring substituents is 1. The first-order valence-corrected chi connectivity index (χ1v) is 6.72. The van der Waals surface area contributed by atoms with Crippen LogP contribution in [0.1, 0.15) is 10.4 Å². The molecule has 0 saturated carbocycles. The van der Waals surface area contributed by atoms with Gasteiger partial charge in [-0.25, -0.2) is 4.79 Å². The number of hydrogen-bond acceptors (Lipinski definition) is 5. The number of carboxylic acid groups (broad SMARTS) is 1. The lowest BCUT2D eigenvalue weighted by Crippen LogP contribution is -1.98. The zero-order chi connectivity index (χ0) is 15.4. The molecule has 2 rings (SSSR count). The summed E-state index contributed by atoms with van der Waals surface area (Å²) in [5.74, 6) is -0.957. The van der Waals surface area contributed by atoms with E-state index < -0.39 is 10.9 Å². The minimum atomic E-state index is -1.09. The summed E-state index contributed by atoms with van der Waals surface area (Å²) in [5, 5.41) is 22.0. The molecule has 0 amide bonds. The number of hydrogen-bond donors (Lipinski definition) is 1. The molecule has 108 valence electrons. The van der Waals surface area contributed by atoms with Gasteiger partial charge in [0, 0.05) is 10.9 Å². The molecule has 0 bridgehead atoms. The van der Waals surface area contributed by atoms with E-state index in [1.807, 2.05) is 0 Å². The Morgan fingerprint density at radius 3 is 2.71 bits per heavy atom. The molecule has 0 fully saturated rings. The quantitative estimate of drug-likeness (QED) is 0.520. The van der Waals surface area contributed by atoms with Crippen LogP contribution in [0.5, 0.6) is 5.75 Å². The second-order valence-electron chi connectivity index (χ2n) is 4.03. The lowest BCUT2D eigenvalue weighted by atomic mass is 10.1. The predicted molar refractivity (Wildman–Crippen MR) is 79.5 cm³/mol. The van der Waals surface area contributed by atoms with Crippen molar-refractivity contribution in [1.29, 1.82) is 0 Å². The Balaban J connectivity index is 2.50. The number of carbonyl (C=O) groups is 1. The van der Waals surface area contributed by atoms with Crippen molar-refractivity contribution < 1.29 is 19.6 Å². The fourth-order valence-electron chi connectivity index (χ4n) is 1.78. The van der Waals surface area contributed by atoms with Gasteiger partial charge in [-0.1, -0.05) is 12.1 Å². The largest absolute Gasteiger partial charge is 0.490 e. The fourth-order valence-corrected chi connectivity index (χ4v) is 2.51. The highest BCUT2D eigenvalue weighted by molar-refractivity contribution is 7.11. The van der Waals surface area contributed by atoms with Crippen molar-refractivity contribution in [2.45, 2.75) is 0 Å². The molecule has 0 unspecified atom stereocenters. The molecule has 0 saturated heterocycles. The van der Waals surface area contributed by atoms with Gasteiger partial charge < -0.3 is 9.84 Å². The van der Waals surface area contributed by atoms with E-state index in [0.717, 1.165) is 0 Å². The van der Waals surface area contributed by atoms with Gasteiger partial charge in [-0.05, 0) is 29.2 Å². The molecule has 6 nitrogen and oxygen atoms in total. The van der Waals surface area contributed by atoms with Gasteiger partial charge >= 0.3 is 11.7 Å². The molecule has 0 aliphatic rings. The number of nitrogens with zero attached hydrogens (tertiary/aromatic N) is 1. The molecule has 1 N–H and O–H groups in total. The molecule has 0 atom stereocenters. The van der Waals surface area contributed by atoms with Crippen molar-refractivity contribution in [2.24, 2.45) is 0 Å². The van der Waals surface area contributed by atoms with Crippen LogP contribution in [0, 0.1) is 10.1 Å². The number of methoxy groups -OCH3 is 1. The lowest BCUT2D eigenvalue weighted by Gasteiger charge is -2.03. The summed E-state index contributed by atoms with van der Waals surface area (Å²) < 4.78 is 4.91. The Hall–Kier alpha value is -2.67. The maximum atomic E-state index is 11.3. The van der Waals surface area contributed by atoms with Crippen LogP contribution in [0.4, 0.5) is 5.69 Å². The van der Waals surface area contributed by atoms with Gasteiger partial charge in [-0.2, -0.15) is 0 Å². The first-order valence-electron chi connectivity index (χ1n) is 5.84. The van der Waals surface area contributed by atoms with Crippen LogP contribution in [0.3, 0.4) is 0 Å². The molecule has 0 aliphatic heterocycles. The van der Waals surface area contributed by atoms with E-state index in [1.165, 1.54) is 36.7 Å². The second kappa shape index (κ2) is 6.19. The number of benzene rings is 1. The molecule has 2 aromatic rings. The van der Waals surface area contributed by atoms with Gasteiger partial charge in [-0.3, -0.25) is 10.1 Å². The Morgan fingerprint density at radius 1 is 1.43 bits per heavy atom. The van der Waals surface area contributed by atoms with E-state index in [2.05, 4.69) is 0 Å². The summed E-state index contributed by atoms with van der Waals surface area (Å²) in [5.41, 5.74) is 0.305. The van der Waals surface area contributed by atoms with Crippen LogP contribution in [0.15, 0.2) is 35.7 Å². The van der Waals surface area contributed by atoms with E-state index >= 15 is 0 Å². The normalized spacial score (nSPS) is 11.2. The van der Waals surface area contributed by atoms with E-state index in [0.29, 0.717) is 10.4 Å². The van der Waals surface area contributed by atoms with Crippen LogP contribution in [-0.4, -0.2) is 23.1 Å². The summed E-state index contributed by atoms with van der Waals surface area (Å²) in [7, 11) is 1.34. The van der Waals surface area contributed by atoms with Gasteiger partial charge in [-0.15, -0.1) is 11.3 Å². The molecular formula is C14H11NO5S. The minimum Gasteiger partial charge on any atom is -0.490 e. The zero-order valence-electron chi connectivity index (χ0n) is 11.0. The number of thiophene rings is 1. The molecule has 7 heteroatoms. The van der Waals surface area contributed by atoms with Crippen molar-refractivity contribution in [3.63, 3.8) is 0 Å². The minimum absolute atomic E-state index is 0.0875. The molecule has 0 spiro atoms. The summed E-state index contributed by atoms with van der Waals surface area (Å²) in [6.45, 7) is 0. The third kappa shape index (κ3) is 3.26. The highest BCUT2D eigenvalue weighted by Crippen LogP contribution is 2.30. The Bertz CT molecular complexity index is 706. The number of carboxylic acids is 1. The second-order valence-corrected chi connectivity index (χ2v) is 4.98. The number of aliphatic carboxylic acids is 1. The van der Waals surface area contributed by atoms with Crippen molar-refractivity contribution in [3.8, 4) is 5.75 Å². The highest BCUT2D eigenvalue weighted by Gasteiger charge is 2.16. The van der Waals surface area contributed by atoms with Gasteiger partial charge in [0.05, 0.1) is 17.6 Å². The summed E-state index contributed by atoms with van der Waals surface area (Å²) in [4.78, 5) is 22.3.